The number of hydrogen-bond donors (Lipinski definition) is 2. The maximum absolute atomic E-state index is 10.6. The molecule has 0 amide bonds. The molecule has 1 aromatic carbocycles. The van der Waals surface area contributed by atoms with Crippen LogP contribution in [0.3, 0.4) is 0 Å². The highest BCUT2D eigenvalue weighted by Crippen LogP contribution is 2.21. The molecular weight excluding hydrogens is 318 g/mol. The van der Waals surface area contributed by atoms with Gasteiger partial charge in [0.1, 0.15) is 0 Å². The summed E-state index contributed by atoms with van der Waals surface area (Å²) < 4.78 is 29.8. The summed E-state index contributed by atoms with van der Waals surface area (Å²) in [5.74, 6) is 0. The molecule has 1 heterocycles. The smallest absolute Gasteiger partial charge is 0.301 e. The van der Waals surface area contributed by atoms with Crippen LogP contribution in [0.15, 0.2) is 46.7 Å². The first-order valence-electron chi connectivity index (χ1n) is 5.70. The van der Waals surface area contributed by atoms with Gasteiger partial charge in [0, 0.05) is 24.0 Å². The zero-order valence-electron chi connectivity index (χ0n) is 10.7. The molecule has 0 radical (unpaired) electrons. The molecule has 2 rings (SSSR count). The SMILES string of the molecule is O=[N+]([O-])c1ccccc1S(=O)(=O)O.OCCc1cccs1. The Bertz CT molecular complexity index is 682. The fourth-order valence-corrected chi connectivity index (χ4v) is 2.75. The number of aliphatic hydroxyl groups excluding tert-OH is 1. The molecule has 0 spiro atoms. The van der Waals surface area contributed by atoms with Crippen LogP contribution in [0.1, 0.15) is 4.88 Å². The molecule has 1 aromatic heterocycles. The van der Waals surface area contributed by atoms with E-state index >= 15 is 0 Å². The van der Waals surface area contributed by atoms with E-state index in [4.69, 9.17) is 9.66 Å². The van der Waals surface area contributed by atoms with Gasteiger partial charge in [-0.3, -0.25) is 14.7 Å². The monoisotopic (exact) mass is 331 g/mol. The number of thiophene rings is 1. The van der Waals surface area contributed by atoms with Crippen molar-refractivity contribution >= 4 is 27.1 Å². The van der Waals surface area contributed by atoms with Crippen molar-refractivity contribution < 1.29 is 23.0 Å². The molecule has 2 N–H and O–H groups in total. The molecule has 0 bridgehead atoms. The summed E-state index contributed by atoms with van der Waals surface area (Å²) in [7, 11) is -4.52. The lowest BCUT2D eigenvalue weighted by Crippen LogP contribution is -2.02. The van der Waals surface area contributed by atoms with Crippen molar-refractivity contribution in [2.24, 2.45) is 0 Å². The van der Waals surface area contributed by atoms with Crippen molar-refractivity contribution in [1.29, 1.82) is 0 Å². The van der Waals surface area contributed by atoms with Crippen LogP contribution in [0.25, 0.3) is 0 Å². The zero-order valence-corrected chi connectivity index (χ0v) is 12.4. The molecule has 0 fully saturated rings. The number of para-hydroxylation sites is 1. The topological polar surface area (TPSA) is 118 Å². The highest BCUT2D eigenvalue weighted by Gasteiger charge is 2.22. The summed E-state index contributed by atoms with van der Waals surface area (Å²) in [4.78, 5) is 9.99. The van der Waals surface area contributed by atoms with Gasteiger partial charge < -0.3 is 5.11 Å². The van der Waals surface area contributed by atoms with Gasteiger partial charge in [-0.1, -0.05) is 18.2 Å². The van der Waals surface area contributed by atoms with E-state index < -0.39 is 25.6 Å². The predicted molar refractivity (Wildman–Crippen MR) is 78.0 cm³/mol. The van der Waals surface area contributed by atoms with Gasteiger partial charge in [-0.2, -0.15) is 8.42 Å². The molecule has 0 atom stereocenters. The van der Waals surface area contributed by atoms with Crippen LogP contribution in [0.5, 0.6) is 0 Å². The molecule has 21 heavy (non-hydrogen) atoms. The van der Waals surface area contributed by atoms with Gasteiger partial charge in [0.05, 0.1) is 4.92 Å². The van der Waals surface area contributed by atoms with E-state index in [0.717, 1.165) is 18.6 Å². The van der Waals surface area contributed by atoms with Crippen LogP contribution in [0.2, 0.25) is 0 Å². The lowest BCUT2D eigenvalue weighted by Gasteiger charge is -1.97. The van der Waals surface area contributed by atoms with Crippen LogP contribution in [0.4, 0.5) is 5.69 Å². The third kappa shape index (κ3) is 5.60. The molecule has 0 aliphatic rings. The Hall–Kier alpha value is -1.81. The third-order valence-electron chi connectivity index (χ3n) is 2.28. The summed E-state index contributed by atoms with van der Waals surface area (Å²) in [6.45, 7) is 0.264. The first-order chi connectivity index (χ1) is 9.86. The van der Waals surface area contributed by atoms with E-state index in [1.165, 1.54) is 17.0 Å². The maximum Gasteiger partial charge on any atom is 0.301 e. The number of benzene rings is 1. The largest absolute Gasteiger partial charge is 0.396 e. The summed E-state index contributed by atoms with van der Waals surface area (Å²) in [5.41, 5.74) is -0.634. The molecule has 0 aliphatic carbocycles. The summed E-state index contributed by atoms with van der Waals surface area (Å²) >= 11 is 1.69. The summed E-state index contributed by atoms with van der Waals surface area (Å²) in [6.07, 6.45) is 0.803. The van der Waals surface area contributed by atoms with Gasteiger partial charge in [-0.15, -0.1) is 11.3 Å². The van der Waals surface area contributed by atoms with E-state index in [1.807, 2.05) is 17.5 Å². The molecule has 114 valence electrons. The fraction of sp³-hybridized carbons (Fsp3) is 0.167. The van der Waals surface area contributed by atoms with Crippen molar-refractivity contribution in [2.75, 3.05) is 6.61 Å². The lowest BCUT2D eigenvalue weighted by molar-refractivity contribution is -0.387. The normalized spacial score (nSPS) is 10.6. The molecule has 2 aromatic rings. The average molecular weight is 331 g/mol. The van der Waals surface area contributed by atoms with Gasteiger partial charge in [-0.25, -0.2) is 0 Å². The number of aliphatic hydroxyl groups is 1. The van der Waals surface area contributed by atoms with Gasteiger partial charge in [0.15, 0.2) is 4.90 Å². The first kappa shape index (κ1) is 17.2. The van der Waals surface area contributed by atoms with E-state index in [1.54, 1.807) is 11.3 Å². The second-order valence-electron chi connectivity index (χ2n) is 3.75. The summed E-state index contributed by atoms with van der Waals surface area (Å²) in [5, 5.41) is 20.8. The number of hydrogen-bond acceptors (Lipinski definition) is 6. The zero-order chi connectivity index (χ0) is 15.9. The lowest BCUT2D eigenvalue weighted by atomic mass is 10.3. The second kappa shape index (κ2) is 7.84. The van der Waals surface area contributed by atoms with Crippen molar-refractivity contribution in [3.05, 3.63) is 56.8 Å². The highest BCUT2D eigenvalue weighted by molar-refractivity contribution is 7.86. The Morgan fingerprint density at radius 3 is 2.29 bits per heavy atom. The number of nitrogens with zero attached hydrogens (tertiary/aromatic N) is 1. The van der Waals surface area contributed by atoms with Crippen LogP contribution >= 0.6 is 11.3 Å². The fourth-order valence-electron chi connectivity index (χ4n) is 1.39. The molecule has 0 saturated carbocycles. The molecule has 7 nitrogen and oxygen atoms in total. The van der Waals surface area contributed by atoms with Gasteiger partial charge in [0.25, 0.3) is 5.69 Å². The molecule has 0 aliphatic heterocycles. The second-order valence-corrected chi connectivity index (χ2v) is 6.18. The van der Waals surface area contributed by atoms with Crippen molar-refractivity contribution in [1.82, 2.24) is 0 Å². The quantitative estimate of drug-likeness (QED) is 0.503. The molecule has 0 unspecified atom stereocenters. The van der Waals surface area contributed by atoms with Crippen molar-refractivity contribution in [3.8, 4) is 0 Å². The Kier molecular flexibility index (Phi) is 6.43. The van der Waals surface area contributed by atoms with Crippen LogP contribution in [-0.4, -0.2) is 29.6 Å². The van der Waals surface area contributed by atoms with Crippen molar-refractivity contribution in [3.63, 3.8) is 0 Å². The van der Waals surface area contributed by atoms with Crippen molar-refractivity contribution in [2.45, 2.75) is 11.3 Å². The molecule has 9 heteroatoms. The predicted octanol–water partition coefficient (Wildman–Crippen LogP) is 2.12. The minimum atomic E-state index is -4.52. The standard InChI is InChI=1S/C6H5NO5S.C6H8OS/c8-7(9)5-3-1-2-4-6(5)13(10,11)12;7-4-3-6-2-1-5-8-6/h1-4H,(H,10,11,12);1-2,5,7H,3-4H2. The van der Waals surface area contributed by atoms with Crippen LogP contribution in [0, 0.1) is 10.1 Å². The Morgan fingerprint density at radius 1 is 1.19 bits per heavy atom. The van der Waals surface area contributed by atoms with Crippen LogP contribution < -0.4 is 0 Å². The third-order valence-corrected chi connectivity index (χ3v) is 4.12. The van der Waals surface area contributed by atoms with Gasteiger partial charge >= 0.3 is 10.1 Å². The Balaban J connectivity index is 0.000000235. The average Bonchev–Trinajstić information content (AvgIpc) is 2.92. The molecule has 0 saturated heterocycles. The number of nitro benzene ring substituents is 1. The van der Waals surface area contributed by atoms with E-state index in [-0.39, 0.29) is 6.61 Å². The van der Waals surface area contributed by atoms with E-state index in [9.17, 15) is 18.5 Å². The first-order valence-corrected chi connectivity index (χ1v) is 8.02. The number of rotatable bonds is 4. The maximum atomic E-state index is 10.6. The van der Waals surface area contributed by atoms with E-state index in [2.05, 4.69) is 0 Å². The number of nitro groups is 1. The van der Waals surface area contributed by atoms with Crippen LogP contribution in [-0.2, 0) is 16.5 Å². The molecular formula is C12H13NO6S2. The minimum absolute atomic E-state index is 0.264. The highest BCUT2D eigenvalue weighted by atomic mass is 32.2. The Labute approximate surface area is 125 Å². The summed E-state index contributed by atoms with van der Waals surface area (Å²) in [6, 6.07) is 8.59. The minimum Gasteiger partial charge on any atom is -0.396 e. The Morgan fingerprint density at radius 2 is 1.86 bits per heavy atom. The van der Waals surface area contributed by atoms with Gasteiger partial charge in [0.2, 0.25) is 0 Å². The van der Waals surface area contributed by atoms with E-state index in [0.29, 0.717) is 0 Å². The van der Waals surface area contributed by atoms with Gasteiger partial charge in [-0.05, 0) is 17.5 Å².